The first-order valence-corrected chi connectivity index (χ1v) is 7.52. The van der Waals surface area contributed by atoms with Gasteiger partial charge in [0.1, 0.15) is 5.52 Å². The molecule has 0 atom stereocenters. The second-order valence-corrected chi connectivity index (χ2v) is 5.43. The maximum absolute atomic E-state index is 11.2. The van der Waals surface area contributed by atoms with Gasteiger partial charge in [-0.3, -0.25) is 4.79 Å². The van der Waals surface area contributed by atoms with Crippen molar-refractivity contribution in [1.29, 1.82) is 0 Å². The van der Waals surface area contributed by atoms with E-state index in [4.69, 9.17) is 16.0 Å². The number of carbonyl (C=O) groups is 1. The molecule has 0 unspecified atom stereocenters. The highest BCUT2D eigenvalue weighted by atomic mass is 35.5. The summed E-state index contributed by atoms with van der Waals surface area (Å²) in [5.41, 5.74) is 2.68. The van der Waals surface area contributed by atoms with Gasteiger partial charge in [0.15, 0.2) is 5.58 Å². The molecule has 0 saturated carbocycles. The zero-order valence-corrected chi connectivity index (χ0v) is 12.2. The van der Waals surface area contributed by atoms with Crippen LogP contribution in [0.4, 0.5) is 0 Å². The molecule has 3 aromatic rings. The average Bonchev–Trinajstić information content (AvgIpc) is 2.90. The summed E-state index contributed by atoms with van der Waals surface area (Å²) in [6.45, 7) is 0. The smallest absolute Gasteiger partial charge is 0.252 e. The van der Waals surface area contributed by atoms with Crippen molar-refractivity contribution < 1.29 is 9.21 Å². The third kappa shape index (κ3) is 2.44. The zero-order chi connectivity index (χ0) is 14.1. The van der Waals surface area contributed by atoms with E-state index in [-0.39, 0.29) is 0 Å². The van der Waals surface area contributed by atoms with E-state index < -0.39 is 5.24 Å². The van der Waals surface area contributed by atoms with Gasteiger partial charge in [-0.2, -0.15) is 0 Å². The lowest BCUT2D eigenvalue weighted by molar-refractivity contribution is 0.108. The Balaban J connectivity index is 2.10. The van der Waals surface area contributed by atoms with E-state index in [0.29, 0.717) is 11.5 Å². The summed E-state index contributed by atoms with van der Waals surface area (Å²) in [4.78, 5) is 16.8. The van der Waals surface area contributed by atoms with Crippen LogP contribution >= 0.6 is 23.4 Å². The Morgan fingerprint density at radius 3 is 2.85 bits per heavy atom. The molecule has 1 heterocycles. The molecule has 5 heteroatoms. The second-order valence-electron chi connectivity index (χ2n) is 4.21. The molecule has 100 valence electrons. The molecule has 3 rings (SSSR count). The monoisotopic (exact) mass is 303 g/mol. The maximum atomic E-state index is 11.2. The number of hydrogen-bond acceptors (Lipinski definition) is 4. The van der Waals surface area contributed by atoms with E-state index >= 15 is 0 Å². The highest BCUT2D eigenvalue weighted by molar-refractivity contribution is 7.98. The third-order valence-corrected chi connectivity index (χ3v) is 3.87. The first-order chi connectivity index (χ1) is 9.67. The van der Waals surface area contributed by atoms with Gasteiger partial charge in [-0.05, 0) is 48.2 Å². The van der Waals surface area contributed by atoms with Crippen LogP contribution in [0.3, 0.4) is 0 Å². The molecule has 3 nitrogen and oxygen atoms in total. The largest absolute Gasteiger partial charge is 0.436 e. The van der Waals surface area contributed by atoms with Crippen LogP contribution in [0.1, 0.15) is 10.4 Å². The number of carbonyl (C=O) groups excluding carboxylic acids is 1. The Morgan fingerprint density at radius 1 is 1.25 bits per heavy atom. The predicted octanol–water partition coefficient (Wildman–Crippen LogP) is 4.60. The summed E-state index contributed by atoms with van der Waals surface area (Å²) >= 11 is 7.14. The van der Waals surface area contributed by atoms with Gasteiger partial charge in [0.05, 0.1) is 0 Å². The number of halogens is 1. The first kappa shape index (κ1) is 13.2. The first-order valence-electron chi connectivity index (χ1n) is 5.92. The van der Waals surface area contributed by atoms with Crippen LogP contribution in [0.25, 0.3) is 22.6 Å². The lowest BCUT2D eigenvalue weighted by Gasteiger charge is -1.97. The maximum Gasteiger partial charge on any atom is 0.252 e. The lowest BCUT2D eigenvalue weighted by atomic mass is 10.1. The number of benzene rings is 2. The number of aromatic nitrogens is 1. The standard InChI is InChI=1S/C15H10ClNO2S/c1-20-11-5-6-13-12(8-11)17-15(19-13)10-4-2-3-9(7-10)14(16)18/h2-8H,1H3. The Bertz CT molecular complexity index is 797. The van der Waals surface area contributed by atoms with Crippen molar-refractivity contribution >= 4 is 39.7 Å². The molecular weight excluding hydrogens is 294 g/mol. The topological polar surface area (TPSA) is 43.1 Å². The summed E-state index contributed by atoms with van der Waals surface area (Å²) in [5, 5.41) is -0.493. The number of rotatable bonds is 3. The average molecular weight is 304 g/mol. The van der Waals surface area contributed by atoms with E-state index in [1.807, 2.05) is 30.5 Å². The molecule has 0 radical (unpaired) electrons. The molecule has 0 bridgehead atoms. The van der Waals surface area contributed by atoms with E-state index in [1.165, 1.54) is 0 Å². The fourth-order valence-corrected chi connectivity index (χ4v) is 2.48. The van der Waals surface area contributed by atoms with Crippen molar-refractivity contribution in [1.82, 2.24) is 4.98 Å². The zero-order valence-electron chi connectivity index (χ0n) is 10.6. The van der Waals surface area contributed by atoms with E-state index in [2.05, 4.69) is 4.98 Å². The van der Waals surface area contributed by atoms with Crippen LogP contribution < -0.4 is 0 Å². The number of thioether (sulfide) groups is 1. The predicted molar refractivity (Wildman–Crippen MR) is 81.4 cm³/mol. The minimum atomic E-state index is -0.493. The van der Waals surface area contributed by atoms with Gasteiger partial charge in [0.2, 0.25) is 5.89 Å². The van der Waals surface area contributed by atoms with Crippen LogP contribution in [0.2, 0.25) is 0 Å². The van der Waals surface area contributed by atoms with Crippen molar-refractivity contribution in [2.24, 2.45) is 0 Å². The van der Waals surface area contributed by atoms with Gasteiger partial charge < -0.3 is 4.42 Å². The molecule has 0 aliphatic carbocycles. The molecule has 0 N–H and O–H groups in total. The number of hydrogen-bond donors (Lipinski definition) is 0. The number of oxazole rings is 1. The molecule has 0 amide bonds. The van der Waals surface area contributed by atoms with Gasteiger partial charge in [-0.15, -0.1) is 11.8 Å². The summed E-state index contributed by atoms with van der Waals surface area (Å²) in [6.07, 6.45) is 2.01. The van der Waals surface area contributed by atoms with Crippen LogP contribution in [0, 0.1) is 0 Å². The lowest BCUT2D eigenvalue weighted by Crippen LogP contribution is -1.88. The number of fused-ring (bicyclic) bond motifs is 1. The summed E-state index contributed by atoms with van der Waals surface area (Å²) in [5.74, 6) is 0.484. The van der Waals surface area contributed by atoms with Crippen molar-refractivity contribution in [3.05, 3.63) is 48.0 Å². The summed E-state index contributed by atoms with van der Waals surface area (Å²) < 4.78 is 5.71. The highest BCUT2D eigenvalue weighted by Crippen LogP contribution is 2.27. The van der Waals surface area contributed by atoms with E-state index in [1.54, 1.807) is 30.0 Å². The van der Waals surface area contributed by atoms with Gasteiger partial charge in [0, 0.05) is 16.0 Å². The molecule has 0 aliphatic heterocycles. The van der Waals surface area contributed by atoms with Gasteiger partial charge in [-0.25, -0.2) is 4.98 Å². The Morgan fingerprint density at radius 2 is 2.10 bits per heavy atom. The van der Waals surface area contributed by atoms with Crippen LogP contribution in [0.15, 0.2) is 51.8 Å². The molecule has 0 fully saturated rings. The Kier molecular flexibility index (Phi) is 3.51. The van der Waals surface area contributed by atoms with Gasteiger partial charge in [0.25, 0.3) is 5.24 Å². The van der Waals surface area contributed by atoms with Crippen LogP contribution in [-0.4, -0.2) is 16.5 Å². The Labute approximate surface area is 125 Å². The van der Waals surface area contributed by atoms with Crippen LogP contribution in [-0.2, 0) is 0 Å². The molecule has 20 heavy (non-hydrogen) atoms. The van der Waals surface area contributed by atoms with Gasteiger partial charge in [-0.1, -0.05) is 12.1 Å². The molecular formula is C15H10ClNO2S. The molecule has 0 aliphatic rings. The van der Waals surface area contributed by atoms with Crippen molar-refractivity contribution in [2.75, 3.05) is 6.26 Å². The van der Waals surface area contributed by atoms with Crippen molar-refractivity contribution in [3.8, 4) is 11.5 Å². The van der Waals surface area contributed by atoms with E-state index in [9.17, 15) is 4.79 Å². The minimum Gasteiger partial charge on any atom is -0.436 e. The second kappa shape index (κ2) is 5.31. The quantitative estimate of drug-likeness (QED) is 0.524. The fourth-order valence-electron chi connectivity index (χ4n) is 1.93. The third-order valence-electron chi connectivity index (χ3n) is 2.93. The van der Waals surface area contributed by atoms with Crippen molar-refractivity contribution in [2.45, 2.75) is 4.90 Å². The molecule has 0 spiro atoms. The summed E-state index contributed by atoms with van der Waals surface area (Å²) in [6, 6.07) is 12.8. The molecule has 0 saturated heterocycles. The SMILES string of the molecule is CSc1ccc2oc(-c3cccc(C(=O)Cl)c3)nc2c1. The van der Waals surface area contributed by atoms with Crippen LogP contribution in [0.5, 0.6) is 0 Å². The van der Waals surface area contributed by atoms with Gasteiger partial charge >= 0.3 is 0 Å². The van der Waals surface area contributed by atoms with E-state index in [0.717, 1.165) is 21.6 Å². The number of nitrogens with zero attached hydrogens (tertiary/aromatic N) is 1. The highest BCUT2D eigenvalue weighted by Gasteiger charge is 2.10. The minimum absolute atomic E-state index is 0.427. The van der Waals surface area contributed by atoms with Crippen molar-refractivity contribution in [3.63, 3.8) is 0 Å². The fraction of sp³-hybridized carbons (Fsp3) is 0.0667. The summed E-state index contributed by atoms with van der Waals surface area (Å²) in [7, 11) is 0. The Hall–Kier alpha value is -1.78. The molecule has 1 aromatic heterocycles. The normalized spacial score (nSPS) is 10.9. The molecule has 2 aromatic carbocycles.